The first kappa shape index (κ1) is 19.8. The van der Waals surface area contributed by atoms with E-state index in [9.17, 15) is 4.79 Å². The van der Waals surface area contributed by atoms with Crippen molar-refractivity contribution in [3.63, 3.8) is 0 Å². The fourth-order valence-corrected chi connectivity index (χ4v) is 3.07. The maximum atomic E-state index is 12.3. The van der Waals surface area contributed by atoms with Crippen LogP contribution < -0.4 is 24.4 Å². The van der Waals surface area contributed by atoms with E-state index in [1.165, 1.54) is 13.3 Å². The van der Waals surface area contributed by atoms with Gasteiger partial charge in [-0.1, -0.05) is 0 Å². The minimum Gasteiger partial charge on any atom is -0.497 e. The number of methoxy groups -OCH3 is 4. The smallest absolute Gasteiger partial charge is 0.275 e. The Hall–Kier alpha value is -2.49. The number of ether oxygens (including phenoxy) is 4. The first-order valence-electron chi connectivity index (χ1n) is 7.51. The van der Waals surface area contributed by atoms with Crippen LogP contribution in [0.15, 0.2) is 35.4 Å². The molecule has 0 aromatic heterocycles. The summed E-state index contributed by atoms with van der Waals surface area (Å²) >= 11 is 2.14. The lowest BCUT2D eigenvalue weighted by molar-refractivity contribution is 0.0952. The van der Waals surface area contributed by atoms with E-state index in [1.807, 2.05) is 6.07 Å². The zero-order valence-corrected chi connectivity index (χ0v) is 17.0. The molecule has 8 heteroatoms. The van der Waals surface area contributed by atoms with Gasteiger partial charge in [0, 0.05) is 6.07 Å². The van der Waals surface area contributed by atoms with Crippen molar-refractivity contribution in [2.24, 2.45) is 5.10 Å². The summed E-state index contributed by atoms with van der Waals surface area (Å²) in [6.07, 6.45) is 1.53. The summed E-state index contributed by atoms with van der Waals surface area (Å²) in [4.78, 5) is 12.3. The van der Waals surface area contributed by atoms with Gasteiger partial charge in [0.2, 0.25) is 0 Å². The molecule has 0 fully saturated rings. The summed E-state index contributed by atoms with van der Waals surface area (Å²) in [5.41, 5.74) is 3.59. The molecule has 0 aliphatic carbocycles. The van der Waals surface area contributed by atoms with Crippen molar-refractivity contribution >= 4 is 34.7 Å². The number of nitrogens with one attached hydrogen (secondary N) is 1. The third-order valence-corrected chi connectivity index (χ3v) is 4.29. The van der Waals surface area contributed by atoms with E-state index < -0.39 is 5.91 Å². The number of halogens is 1. The van der Waals surface area contributed by atoms with Crippen molar-refractivity contribution in [3.8, 4) is 23.0 Å². The summed E-state index contributed by atoms with van der Waals surface area (Å²) < 4.78 is 21.8. The summed E-state index contributed by atoms with van der Waals surface area (Å²) in [5.74, 6) is 1.84. The van der Waals surface area contributed by atoms with Gasteiger partial charge in [-0.25, -0.2) is 5.43 Å². The summed E-state index contributed by atoms with van der Waals surface area (Å²) in [6.45, 7) is 0. The number of hydrazone groups is 1. The molecule has 0 spiro atoms. The minimum atomic E-state index is -0.393. The van der Waals surface area contributed by atoms with E-state index >= 15 is 0 Å². The van der Waals surface area contributed by atoms with Crippen molar-refractivity contribution in [1.29, 1.82) is 0 Å². The van der Waals surface area contributed by atoms with Crippen LogP contribution in [0.25, 0.3) is 0 Å². The van der Waals surface area contributed by atoms with Crippen LogP contribution >= 0.6 is 22.6 Å². The number of hydrogen-bond donors (Lipinski definition) is 1. The number of hydrogen-bond acceptors (Lipinski definition) is 6. The van der Waals surface area contributed by atoms with Gasteiger partial charge in [-0.05, 0) is 52.4 Å². The number of carbonyl (C=O) groups excluding carboxylic acids is 1. The van der Waals surface area contributed by atoms with E-state index in [2.05, 4.69) is 33.1 Å². The molecule has 0 aliphatic rings. The fraction of sp³-hybridized carbons (Fsp3) is 0.222. The second-order valence-electron chi connectivity index (χ2n) is 5.00. The molecule has 2 rings (SSSR count). The first-order chi connectivity index (χ1) is 12.5. The molecule has 0 bridgehead atoms. The van der Waals surface area contributed by atoms with E-state index in [4.69, 9.17) is 18.9 Å². The zero-order valence-electron chi connectivity index (χ0n) is 14.8. The van der Waals surface area contributed by atoms with Gasteiger partial charge < -0.3 is 18.9 Å². The second-order valence-corrected chi connectivity index (χ2v) is 6.17. The van der Waals surface area contributed by atoms with Crippen LogP contribution in [-0.4, -0.2) is 40.6 Å². The predicted octanol–water partition coefficient (Wildman–Crippen LogP) is 3.09. The molecular formula is C18H19IN2O5. The highest BCUT2D eigenvalue weighted by Crippen LogP contribution is 2.33. The van der Waals surface area contributed by atoms with Crippen molar-refractivity contribution in [2.75, 3.05) is 28.4 Å². The fourth-order valence-electron chi connectivity index (χ4n) is 2.22. The van der Waals surface area contributed by atoms with Crippen LogP contribution in [0.2, 0.25) is 0 Å². The number of nitrogens with zero attached hydrogens (tertiary/aromatic N) is 1. The van der Waals surface area contributed by atoms with E-state index in [1.54, 1.807) is 45.6 Å². The van der Waals surface area contributed by atoms with Crippen molar-refractivity contribution in [2.45, 2.75) is 0 Å². The highest BCUT2D eigenvalue weighted by atomic mass is 127. The van der Waals surface area contributed by atoms with Gasteiger partial charge in [0.05, 0.1) is 43.8 Å². The Morgan fingerprint density at radius 3 is 2.35 bits per heavy atom. The maximum absolute atomic E-state index is 12.3. The SMILES string of the molecule is COc1ccc(C(=O)NN=Cc2cc(I)c(OC)c(OC)c2)c(OC)c1. The Balaban J connectivity index is 2.16. The van der Waals surface area contributed by atoms with E-state index in [0.29, 0.717) is 28.6 Å². The summed E-state index contributed by atoms with van der Waals surface area (Å²) in [7, 11) is 6.17. The van der Waals surface area contributed by atoms with Gasteiger partial charge in [0.25, 0.3) is 5.91 Å². The minimum absolute atomic E-state index is 0.354. The molecule has 1 amide bonds. The molecule has 0 saturated carbocycles. The third-order valence-electron chi connectivity index (χ3n) is 3.49. The van der Waals surface area contributed by atoms with E-state index in [-0.39, 0.29) is 0 Å². The highest BCUT2D eigenvalue weighted by Gasteiger charge is 2.13. The van der Waals surface area contributed by atoms with Crippen LogP contribution in [0.3, 0.4) is 0 Å². The average molecular weight is 470 g/mol. The normalized spacial score (nSPS) is 10.5. The summed E-state index contributed by atoms with van der Waals surface area (Å²) in [5, 5.41) is 4.00. The van der Waals surface area contributed by atoms with Gasteiger partial charge >= 0.3 is 0 Å². The second kappa shape index (κ2) is 9.27. The predicted molar refractivity (Wildman–Crippen MR) is 107 cm³/mol. The Morgan fingerprint density at radius 2 is 1.73 bits per heavy atom. The number of rotatable bonds is 7. The van der Waals surface area contributed by atoms with Gasteiger partial charge in [-0.3, -0.25) is 4.79 Å². The topological polar surface area (TPSA) is 78.4 Å². The lowest BCUT2D eigenvalue weighted by Crippen LogP contribution is -2.18. The van der Waals surface area contributed by atoms with Crippen molar-refractivity contribution < 1.29 is 23.7 Å². The Bertz CT molecular complexity index is 823. The Kier molecular flexibility index (Phi) is 7.07. The van der Waals surface area contributed by atoms with Gasteiger partial charge in [0.1, 0.15) is 11.5 Å². The van der Waals surface area contributed by atoms with Gasteiger partial charge in [0.15, 0.2) is 11.5 Å². The van der Waals surface area contributed by atoms with Crippen LogP contribution in [0.1, 0.15) is 15.9 Å². The standard InChI is InChI=1S/C18H19IN2O5/c1-23-12-5-6-13(15(9-12)24-2)18(22)21-20-10-11-7-14(19)17(26-4)16(8-11)25-3/h5-10H,1-4H3,(H,21,22). The van der Waals surface area contributed by atoms with E-state index in [0.717, 1.165) is 9.13 Å². The Labute approximate surface area is 165 Å². The monoisotopic (exact) mass is 470 g/mol. The molecule has 1 N–H and O–H groups in total. The van der Waals surface area contributed by atoms with Crippen LogP contribution in [0.5, 0.6) is 23.0 Å². The lowest BCUT2D eigenvalue weighted by atomic mass is 10.2. The van der Waals surface area contributed by atoms with Crippen LogP contribution in [-0.2, 0) is 0 Å². The molecule has 0 atom stereocenters. The molecule has 2 aromatic carbocycles. The number of carbonyl (C=O) groups is 1. The summed E-state index contributed by atoms with van der Waals surface area (Å²) in [6, 6.07) is 8.56. The third kappa shape index (κ3) is 4.57. The quantitative estimate of drug-likeness (QED) is 0.383. The number of amides is 1. The maximum Gasteiger partial charge on any atom is 0.275 e. The molecule has 0 radical (unpaired) electrons. The molecule has 2 aromatic rings. The first-order valence-corrected chi connectivity index (χ1v) is 8.58. The molecule has 0 heterocycles. The number of benzene rings is 2. The molecular weight excluding hydrogens is 451 g/mol. The molecule has 26 heavy (non-hydrogen) atoms. The highest BCUT2D eigenvalue weighted by molar-refractivity contribution is 14.1. The lowest BCUT2D eigenvalue weighted by Gasteiger charge is -2.10. The van der Waals surface area contributed by atoms with Crippen LogP contribution in [0.4, 0.5) is 0 Å². The van der Waals surface area contributed by atoms with Crippen molar-refractivity contribution in [1.82, 2.24) is 5.43 Å². The zero-order chi connectivity index (χ0) is 19.1. The van der Waals surface area contributed by atoms with Crippen LogP contribution in [0, 0.1) is 3.57 Å². The molecule has 7 nitrogen and oxygen atoms in total. The molecule has 0 aliphatic heterocycles. The van der Waals surface area contributed by atoms with Crippen molar-refractivity contribution in [3.05, 3.63) is 45.0 Å². The molecule has 0 unspecified atom stereocenters. The Morgan fingerprint density at radius 1 is 1.00 bits per heavy atom. The largest absolute Gasteiger partial charge is 0.497 e. The van der Waals surface area contributed by atoms with Gasteiger partial charge in [-0.15, -0.1) is 0 Å². The average Bonchev–Trinajstić information content (AvgIpc) is 2.66. The molecule has 138 valence electrons. The molecule has 0 saturated heterocycles. The van der Waals surface area contributed by atoms with Gasteiger partial charge in [-0.2, -0.15) is 5.10 Å².